The number of benzene rings is 1. The van der Waals surface area contributed by atoms with Gasteiger partial charge in [-0.15, -0.1) is 0 Å². The van der Waals surface area contributed by atoms with E-state index in [0.717, 1.165) is 22.3 Å². The maximum atomic E-state index is 9.00. The molecule has 0 fully saturated rings. The second-order valence-electron chi connectivity index (χ2n) is 4.21. The highest BCUT2D eigenvalue weighted by atomic mass is 35.5. The van der Waals surface area contributed by atoms with Crippen LogP contribution < -0.4 is 0 Å². The molecule has 0 saturated carbocycles. The van der Waals surface area contributed by atoms with E-state index in [0.29, 0.717) is 21.5 Å². The smallest absolute Gasteiger partial charge is 0.162 e. The minimum Gasteiger partial charge on any atom is -0.388 e. The molecule has 0 aliphatic rings. The standard InChI is InChI=1S/C13H13Cl2NO2/c1-6-11(10-4-9(5-17)18-16-10)7(2)13(15)8(3)12(6)14/h4,17H,5H2,1-3H3. The van der Waals surface area contributed by atoms with Crippen molar-refractivity contribution in [3.05, 3.63) is 38.6 Å². The molecule has 1 aromatic carbocycles. The summed E-state index contributed by atoms with van der Waals surface area (Å²) in [5, 5.41) is 14.2. The average Bonchev–Trinajstić information content (AvgIpc) is 2.83. The molecular weight excluding hydrogens is 273 g/mol. The number of hydrogen-bond donors (Lipinski definition) is 1. The Bertz CT molecular complexity index is 576. The van der Waals surface area contributed by atoms with Gasteiger partial charge in [0.2, 0.25) is 0 Å². The molecule has 0 saturated heterocycles. The zero-order valence-electron chi connectivity index (χ0n) is 10.3. The Morgan fingerprint density at radius 2 is 1.67 bits per heavy atom. The third-order valence-electron chi connectivity index (χ3n) is 3.04. The Balaban J connectivity index is 2.71. The van der Waals surface area contributed by atoms with E-state index in [4.69, 9.17) is 32.8 Å². The molecule has 0 amide bonds. The van der Waals surface area contributed by atoms with Crippen molar-refractivity contribution < 1.29 is 9.63 Å². The number of rotatable bonds is 2. The van der Waals surface area contributed by atoms with Crippen LogP contribution in [0.5, 0.6) is 0 Å². The summed E-state index contributed by atoms with van der Waals surface area (Å²) < 4.78 is 5.00. The molecule has 0 bridgehead atoms. The van der Waals surface area contributed by atoms with Gasteiger partial charge in [0.1, 0.15) is 12.3 Å². The van der Waals surface area contributed by atoms with Gasteiger partial charge in [-0.3, -0.25) is 0 Å². The number of nitrogens with zero attached hydrogens (tertiary/aromatic N) is 1. The van der Waals surface area contributed by atoms with E-state index in [1.807, 2.05) is 20.8 Å². The first kappa shape index (κ1) is 13.4. The first-order valence-electron chi connectivity index (χ1n) is 5.49. The summed E-state index contributed by atoms with van der Waals surface area (Å²) in [4.78, 5) is 0. The second kappa shape index (κ2) is 4.92. The van der Waals surface area contributed by atoms with Crippen molar-refractivity contribution in [1.29, 1.82) is 0 Å². The molecule has 0 unspecified atom stereocenters. The molecule has 0 aliphatic carbocycles. The number of aliphatic hydroxyl groups is 1. The van der Waals surface area contributed by atoms with E-state index >= 15 is 0 Å². The zero-order valence-corrected chi connectivity index (χ0v) is 11.9. The Morgan fingerprint density at radius 3 is 2.11 bits per heavy atom. The molecule has 1 aromatic heterocycles. The van der Waals surface area contributed by atoms with Gasteiger partial charge >= 0.3 is 0 Å². The van der Waals surface area contributed by atoms with Gasteiger partial charge in [-0.05, 0) is 37.5 Å². The fourth-order valence-corrected chi connectivity index (χ4v) is 2.48. The van der Waals surface area contributed by atoms with E-state index in [2.05, 4.69) is 5.16 Å². The Morgan fingerprint density at radius 1 is 1.11 bits per heavy atom. The van der Waals surface area contributed by atoms with Crippen molar-refractivity contribution >= 4 is 23.2 Å². The highest BCUT2D eigenvalue weighted by molar-refractivity contribution is 6.37. The van der Waals surface area contributed by atoms with Crippen molar-refractivity contribution in [3.8, 4) is 11.3 Å². The summed E-state index contributed by atoms with van der Waals surface area (Å²) in [6.45, 7) is 5.54. The molecular formula is C13H13Cl2NO2. The molecule has 96 valence electrons. The molecule has 0 aliphatic heterocycles. The van der Waals surface area contributed by atoms with Crippen LogP contribution in [0.2, 0.25) is 10.0 Å². The Labute approximate surface area is 115 Å². The van der Waals surface area contributed by atoms with Crippen LogP contribution in [0.3, 0.4) is 0 Å². The third-order valence-corrected chi connectivity index (χ3v) is 4.17. The van der Waals surface area contributed by atoms with Gasteiger partial charge in [-0.2, -0.15) is 0 Å². The van der Waals surface area contributed by atoms with Gasteiger partial charge in [0.15, 0.2) is 5.76 Å². The van der Waals surface area contributed by atoms with E-state index in [-0.39, 0.29) is 6.61 Å². The summed E-state index contributed by atoms with van der Waals surface area (Å²) in [6, 6.07) is 1.69. The number of halogens is 2. The van der Waals surface area contributed by atoms with Gasteiger partial charge in [-0.25, -0.2) is 0 Å². The minimum absolute atomic E-state index is 0.182. The Hall–Kier alpha value is -1.03. The second-order valence-corrected chi connectivity index (χ2v) is 4.97. The Kier molecular flexibility index (Phi) is 3.66. The molecule has 5 heteroatoms. The van der Waals surface area contributed by atoms with Crippen molar-refractivity contribution in [2.24, 2.45) is 0 Å². The molecule has 2 aromatic rings. The van der Waals surface area contributed by atoms with Crippen LogP contribution >= 0.6 is 23.2 Å². The maximum Gasteiger partial charge on any atom is 0.162 e. The van der Waals surface area contributed by atoms with Crippen molar-refractivity contribution in [1.82, 2.24) is 5.16 Å². The molecule has 0 spiro atoms. The summed E-state index contributed by atoms with van der Waals surface area (Å²) in [5.74, 6) is 0.414. The molecule has 1 heterocycles. The van der Waals surface area contributed by atoms with E-state index in [1.165, 1.54) is 0 Å². The van der Waals surface area contributed by atoms with Gasteiger partial charge in [0, 0.05) is 21.7 Å². The SMILES string of the molecule is Cc1c(Cl)c(C)c(-c2cc(CO)on2)c(C)c1Cl. The summed E-state index contributed by atoms with van der Waals surface area (Å²) in [6.07, 6.45) is 0. The van der Waals surface area contributed by atoms with Crippen LogP contribution in [0.4, 0.5) is 0 Å². The first-order chi connectivity index (χ1) is 8.47. The van der Waals surface area contributed by atoms with Gasteiger partial charge in [0.25, 0.3) is 0 Å². The summed E-state index contributed by atoms with van der Waals surface area (Å²) in [7, 11) is 0. The molecule has 0 radical (unpaired) electrons. The highest BCUT2D eigenvalue weighted by Gasteiger charge is 2.18. The van der Waals surface area contributed by atoms with Crippen molar-refractivity contribution in [3.63, 3.8) is 0 Å². The van der Waals surface area contributed by atoms with Crippen LogP contribution in [-0.4, -0.2) is 10.3 Å². The van der Waals surface area contributed by atoms with E-state index in [9.17, 15) is 0 Å². The lowest BCUT2D eigenvalue weighted by Crippen LogP contribution is -1.94. The maximum absolute atomic E-state index is 9.00. The van der Waals surface area contributed by atoms with Crippen LogP contribution in [0.15, 0.2) is 10.6 Å². The molecule has 18 heavy (non-hydrogen) atoms. The van der Waals surface area contributed by atoms with E-state index in [1.54, 1.807) is 6.07 Å². The quantitative estimate of drug-likeness (QED) is 0.905. The monoisotopic (exact) mass is 285 g/mol. The minimum atomic E-state index is -0.182. The summed E-state index contributed by atoms with van der Waals surface area (Å²) in [5.41, 5.74) is 4.18. The van der Waals surface area contributed by atoms with Gasteiger partial charge in [-0.1, -0.05) is 28.4 Å². The first-order valence-corrected chi connectivity index (χ1v) is 6.24. The topological polar surface area (TPSA) is 46.3 Å². The lowest BCUT2D eigenvalue weighted by Gasteiger charge is -2.14. The molecule has 1 N–H and O–H groups in total. The lowest BCUT2D eigenvalue weighted by atomic mass is 9.97. The number of aliphatic hydroxyl groups excluding tert-OH is 1. The van der Waals surface area contributed by atoms with E-state index < -0.39 is 0 Å². The predicted octanol–water partition coefficient (Wildman–Crippen LogP) is 4.07. The average molecular weight is 286 g/mol. The molecule has 2 rings (SSSR count). The normalized spacial score (nSPS) is 11.0. The number of hydrogen-bond acceptors (Lipinski definition) is 3. The van der Waals surface area contributed by atoms with Gasteiger partial charge < -0.3 is 9.63 Å². The highest BCUT2D eigenvalue weighted by Crippen LogP contribution is 2.39. The molecule has 3 nitrogen and oxygen atoms in total. The van der Waals surface area contributed by atoms with Crippen LogP contribution in [0, 0.1) is 20.8 Å². The van der Waals surface area contributed by atoms with Gasteiger partial charge in [0.05, 0.1) is 0 Å². The van der Waals surface area contributed by atoms with Crippen LogP contribution in [0.1, 0.15) is 22.5 Å². The molecule has 0 atom stereocenters. The predicted molar refractivity (Wildman–Crippen MR) is 72.1 cm³/mol. The lowest BCUT2D eigenvalue weighted by molar-refractivity contribution is 0.229. The van der Waals surface area contributed by atoms with Crippen molar-refractivity contribution in [2.45, 2.75) is 27.4 Å². The van der Waals surface area contributed by atoms with Crippen molar-refractivity contribution in [2.75, 3.05) is 0 Å². The van der Waals surface area contributed by atoms with Crippen LogP contribution in [0.25, 0.3) is 11.3 Å². The fourth-order valence-electron chi connectivity index (χ4n) is 2.05. The summed E-state index contributed by atoms with van der Waals surface area (Å²) >= 11 is 12.5. The number of aromatic nitrogens is 1. The fraction of sp³-hybridized carbons (Fsp3) is 0.308. The third kappa shape index (κ3) is 2.03. The largest absolute Gasteiger partial charge is 0.388 e. The van der Waals surface area contributed by atoms with Crippen LogP contribution in [-0.2, 0) is 6.61 Å². The zero-order chi connectivity index (χ0) is 13.4.